The zero-order valence-electron chi connectivity index (χ0n) is 11.5. The minimum atomic E-state index is -0.161. The molecule has 0 N–H and O–H groups in total. The molecule has 1 saturated carbocycles. The van der Waals surface area contributed by atoms with Crippen LogP contribution in [0.3, 0.4) is 0 Å². The maximum absolute atomic E-state index is 9.21. The number of alkyl halides is 1. The summed E-state index contributed by atoms with van der Waals surface area (Å²) in [5.41, 5.74) is 2.30. The fraction of sp³-hybridized carbons (Fsp3) is 0.562. The molecule has 1 aliphatic rings. The Bertz CT molecular complexity index is 443. The summed E-state index contributed by atoms with van der Waals surface area (Å²) in [6.45, 7) is 4.33. The molecule has 0 spiro atoms. The average molecular weight is 321 g/mol. The summed E-state index contributed by atoms with van der Waals surface area (Å²) in [7, 11) is 0. The molecule has 0 radical (unpaired) electrons. The van der Waals surface area contributed by atoms with Crippen molar-refractivity contribution in [2.24, 2.45) is 0 Å². The third-order valence-electron chi connectivity index (χ3n) is 3.94. The number of hydrogen-bond donors (Lipinski definition) is 0. The molecule has 3 heteroatoms. The van der Waals surface area contributed by atoms with Crippen molar-refractivity contribution >= 4 is 21.6 Å². The summed E-state index contributed by atoms with van der Waals surface area (Å²) in [4.78, 5) is 2.40. The van der Waals surface area contributed by atoms with E-state index in [-0.39, 0.29) is 5.41 Å². The Labute approximate surface area is 124 Å². The molecule has 1 aromatic rings. The largest absolute Gasteiger partial charge is 0.372 e. The number of nitriles is 1. The van der Waals surface area contributed by atoms with Crippen molar-refractivity contribution < 1.29 is 0 Å². The minimum Gasteiger partial charge on any atom is -0.372 e. The van der Waals surface area contributed by atoms with Crippen LogP contribution in [0, 0.1) is 11.3 Å². The monoisotopic (exact) mass is 320 g/mol. The Morgan fingerprint density at radius 1 is 1.26 bits per heavy atom. The van der Waals surface area contributed by atoms with Gasteiger partial charge in [-0.25, -0.2) is 0 Å². The number of nitrogens with zero attached hydrogens (tertiary/aromatic N) is 2. The molecule has 2 nitrogen and oxygen atoms in total. The van der Waals surface area contributed by atoms with Gasteiger partial charge in [-0.3, -0.25) is 0 Å². The van der Waals surface area contributed by atoms with E-state index in [0.717, 1.165) is 31.3 Å². The zero-order valence-corrected chi connectivity index (χ0v) is 13.1. The maximum Gasteiger partial charge on any atom is 0.0823 e. The highest BCUT2D eigenvalue weighted by Crippen LogP contribution is 2.47. The summed E-state index contributed by atoms with van der Waals surface area (Å²) < 4.78 is 0. The topological polar surface area (TPSA) is 27.0 Å². The zero-order chi connectivity index (χ0) is 13.7. The number of unbranched alkanes of at least 4 members (excludes halogenated alkanes) is 1. The van der Waals surface area contributed by atoms with Crippen LogP contribution in [-0.4, -0.2) is 18.4 Å². The van der Waals surface area contributed by atoms with Gasteiger partial charge in [-0.05, 0) is 50.3 Å². The summed E-state index contributed by atoms with van der Waals surface area (Å²) in [5, 5.41) is 10.3. The van der Waals surface area contributed by atoms with Crippen LogP contribution in [0.2, 0.25) is 0 Å². The van der Waals surface area contributed by atoms with E-state index in [4.69, 9.17) is 0 Å². The molecular weight excluding hydrogens is 300 g/mol. The predicted octanol–water partition coefficient (Wildman–Crippen LogP) is 4.24. The van der Waals surface area contributed by atoms with E-state index in [0.29, 0.717) is 0 Å². The number of rotatable bonds is 7. The molecule has 0 saturated heterocycles. The molecule has 0 heterocycles. The van der Waals surface area contributed by atoms with Gasteiger partial charge in [0.15, 0.2) is 0 Å². The first-order valence-corrected chi connectivity index (χ1v) is 8.20. The Balaban J connectivity index is 2.02. The van der Waals surface area contributed by atoms with E-state index in [2.05, 4.69) is 58.1 Å². The SMILES string of the molecule is CCN(CCCCBr)c1ccc(C2(C#N)CC2)cc1. The first-order chi connectivity index (χ1) is 9.25. The molecule has 0 aliphatic heterocycles. The lowest BCUT2D eigenvalue weighted by Crippen LogP contribution is -2.24. The lowest BCUT2D eigenvalue weighted by atomic mass is 9.97. The molecule has 0 amide bonds. The van der Waals surface area contributed by atoms with E-state index in [1.165, 1.54) is 24.1 Å². The van der Waals surface area contributed by atoms with E-state index in [9.17, 15) is 5.26 Å². The number of hydrogen-bond acceptors (Lipinski definition) is 2. The van der Waals surface area contributed by atoms with Gasteiger partial charge in [0.1, 0.15) is 0 Å². The molecule has 0 bridgehead atoms. The molecule has 1 fully saturated rings. The molecule has 1 aromatic carbocycles. The van der Waals surface area contributed by atoms with Crippen molar-refractivity contribution in [3.63, 3.8) is 0 Å². The third kappa shape index (κ3) is 3.30. The standard InChI is InChI=1S/C16H21BrN2/c1-2-19(12-4-3-11-17)15-7-5-14(6-8-15)16(13-18)9-10-16/h5-8H,2-4,9-12H2,1H3. The van der Waals surface area contributed by atoms with Crippen LogP contribution in [0.5, 0.6) is 0 Å². The highest BCUT2D eigenvalue weighted by Gasteiger charge is 2.44. The van der Waals surface area contributed by atoms with Gasteiger partial charge < -0.3 is 4.90 Å². The van der Waals surface area contributed by atoms with Crippen LogP contribution >= 0.6 is 15.9 Å². The van der Waals surface area contributed by atoms with Crippen LogP contribution in [0.15, 0.2) is 24.3 Å². The van der Waals surface area contributed by atoms with E-state index < -0.39 is 0 Å². The molecule has 0 atom stereocenters. The molecule has 0 unspecified atom stereocenters. The number of halogens is 1. The fourth-order valence-electron chi connectivity index (χ4n) is 2.45. The smallest absolute Gasteiger partial charge is 0.0823 e. The molecule has 1 aliphatic carbocycles. The van der Waals surface area contributed by atoms with E-state index in [1.807, 2.05) is 0 Å². The molecule has 19 heavy (non-hydrogen) atoms. The van der Waals surface area contributed by atoms with Gasteiger partial charge >= 0.3 is 0 Å². The third-order valence-corrected chi connectivity index (χ3v) is 4.50. The highest BCUT2D eigenvalue weighted by molar-refractivity contribution is 9.09. The van der Waals surface area contributed by atoms with Crippen molar-refractivity contribution in [1.29, 1.82) is 5.26 Å². The first-order valence-electron chi connectivity index (χ1n) is 7.08. The van der Waals surface area contributed by atoms with Crippen molar-refractivity contribution in [1.82, 2.24) is 0 Å². The van der Waals surface area contributed by atoms with E-state index in [1.54, 1.807) is 0 Å². The van der Waals surface area contributed by atoms with Gasteiger partial charge in [0.25, 0.3) is 0 Å². The molecular formula is C16H21BrN2. The summed E-state index contributed by atoms with van der Waals surface area (Å²) in [6, 6.07) is 11.1. The fourth-order valence-corrected chi connectivity index (χ4v) is 2.84. The van der Waals surface area contributed by atoms with Gasteiger partial charge in [-0.2, -0.15) is 5.26 Å². The Kier molecular flexibility index (Phi) is 4.87. The predicted molar refractivity (Wildman–Crippen MR) is 83.9 cm³/mol. The van der Waals surface area contributed by atoms with Crippen molar-refractivity contribution in [3.8, 4) is 6.07 Å². The summed E-state index contributed by atoms with van der Waals surface area (Å²) in [5.74, 6) is 0. The molecule has 0 aromatic heterocycles. The van der Waals surface area contributed by atoms with Gasteiger partial charge in [-0.1, -0.05) is 28.1 Å². The van der Waals surface area contributed by atoms with Crippen molar-refractivity contribution in [2.75, 3.05) is 23.3 Å². The number of anilines is 1. The Hall–Kier alpha value is -1.01. The molecule has 102 valence electrons. The summed E-state index contributed by atoms with van der Waals surface area (Å²) in [6.07, 6.45) is 4.46. The van der Waals surface area contributed by atoms with Gasteiger partial charge in [0.2, 0.25) is 0 Å². The number of benzene rings is 1. The van der Waals surface area contributed by atoms with Crippen molar-refractivity contribution in [2.45, 2.75) is 38.0 Å². The highest BCUT2D eigenvalue weighted by atomic mass is 79.9. The van der Waals surface area contributed by atoms with Gasteiger partial charge in [0, 0.05) is 24.1 Å². The first kappa shape index (κ1) is 14.4. The van der Waals surface area contributed by atoms with Gasteiger partial charge in [-0.15, -0.1) is 0 Å². The lowest BCUT2D eigenvalue weighted by Gasteiger charge is -2.23. The molecule has 2 rings (SSSR count). The van der Waals surface area contributed by atoms with Gasteiger partial charge in [0.05, 0.1) is 11.5 Å². The van der Waals surface area contributed by atoms with Crippen LogP contribution in [0.1, 0.15) is 38.2 Å². The lowest BCUT2D eigenvalue weighted by molar-refractivity contribution is 0.737. The second-order valence-corrected chi connectivity index (χ2v) is 6.01. The normalized spacial score (nSPS) is 15.8. The second-order valence-electron chi connectivity index (χ2n) is 5.22. The summed E-state index contributed by atoms with van der Waals surface area (Å²) >= 11 is 3.47. The van der Waals surface area contributed by atoms with Crippen LogP contribution in [0.25, 0.3) is 0 Å². The van der Waals surface area contributed by atoms with E-state index >= 15 is 0 Å². The maximum atomic E-state index is 9.21. The van der Waals surface area contributed by atoms with Crippen LogP contribution in [0.4, 0.5) is 5.69 Å². The Morgan fingerprint density at radius 3 is 2.42 bits per heavy atom. The average Bonchev–Trinajstić information content (AvgIpc) is 3.25. The van der Waals surface area contributed by atoms with Crippen LogP contribution in [-0.2, 0) is 5.41 Å². The quantitative estimate of drug-likeness (QED) is 0.555. The second kappa shape index (κ2) is 6.43. The minimum absolute atomic E-state index is 0.161. The van der Waals surface area contributed by atoms with Crippen LogP contribution < -0.4 is 4.90 Å². The van der Waals surface area contributed by atoms with Crippen molar-refractivity contribution in [3.05, 3.63) is 29.8 Å². The Morgan fingerprint density at radius 2 is 1.95 bits per heavy atom.